The van der Waals surface area contributed by atoms with Gasteiger partial charge in [-0.25, -0.2) is 4.98 Å². The van der Waals surface area contributed by atoms with Crippen LogP contribution in [0.1, 0.15) is 49.9 Å². The molecule has 0 spiro atoms. The summed E-state index contributed by atoms with van der Waals surface area (Å²) < 4.78 is 48.6. The fraction of sp³-hybridized carbons (Fsp3) is 0.519. The lowest BCUT2D eigenvalue weighted by atomic mass is 9.96. The topological polar surface area (TPSA) is 113 Å². The van der Waals surface area contributed by atoms with Gasteiger partial charge < -0.3 is 30.1 Å². The number of nitrogens with zero attached hydrogens (tertiary/aromatic N) is 2. The molecule has 0 unspecified atom stereocenters. The molecule has 1 aromatic carbocycles. The van der Waals surface area contributed by atoms with Crippen molar-refractivity contribution in [1.29, 1.82) is 0 Å². The number of carbonyl (C=O) groups excluding carboxylic acids is 2. The van der Waals surface area contributed by atoms with E-state index >= 15 is 0 Å². The van der Waals surface area contributed by atoms with Crippen molar-refractivity contribution in [2.45, 2.75) is 69.4 Å². The van der Waals surface area contributed by atoms with Crippen LogP contribution in [0.3, 0.4) is 0 Å². The minimum atomic E-state index is -4.49. The van der Waals surface area contributed by atoms with Gasteiger partial charge in [-0.15, -0.1) is 0 Å². The Labute approximate surface area is 245 Å². The first kappa shape index (κ1) is 31.0. The molecule has 0 saturated carbocycles. The number of piperidine rings is 1. The van der Waals surface area contributed by atoms with Crippen molar-refractivity contribution < 1.29 is 37.3 Å². The Kier molecular flexibility index (Phi) is 9.45. The third-order valence-corrected chi connectivity index (χ3v) is 7.63. The Balaban J connectivity index is 1.36. The molecule has 2 amide bonds. The maximum Gasteiger partial charge on any atom is 0.405 e. The molecular formula is C27H31Cl2F3N4O5. The molecule has 2 saturated heterocycles. The van der Waals surface area contributed by atoms with Gasteiger partial charge in [0.05, 0.1) is 22.2 Å². The van der Waals surface area contributed by atoms with Gasteiger partial charge in [0.25, 0.3) is 11.8 Å². The molecule has 2 aliphatic rings. The maximum atomic E-state index is 13.3. The molecule has 3 heterocycles. The van der Waals surface area contributed by atoms with Gasteiger partial charge in [0, 0.05) is 30.4 Å². The van der Waals surface area contributed by atoms with Gasteiger partial charge in [0.15, 0.2) is 5.60 Å². The van der Waals surface area contributed by atoms with E-state index in [4.69, 9.17) is 37.8 Å². The van der Waals surface area contributed by atoms with E-state index in [9.17, 15) is 22.8 Å². The average molecular weight is 619 g/mol. The minimum absolute atomic E-state index is 0.0304. The third-order valence-electron chi connectivity index (χ3n) is 7.04. The Bertz CT molecular complexity index is 1250. The van der Waals surface area contributed by atoms with E-state index in [1.807, 2.05) is 5.32 Å². The van der Waals surface area contributed by atoms with Gasteiger partial charge in [-0.1, -0.05) is 23.2 Å². The van der Waals surface area contributed by atoms with Gasteiger partial charge in [-0.2, -0.15) is 13.2 Å². The van der Waals surface area contributed by atoms with Crippen molar-refractivity contribution in [3.63, 3.8) is 0 Å². The van der Waals surface area contributed by atoms with E-state index < -0.39 is 24.2 Å². The number of ether oxygens (including phenoxy) is 2. The highest BCUT2D eigenvalue weighted by atomic mass is 35.5. The Morgan fingerprint density at radius 2 is 1.76 bits per heavy atom. The van der Waals surface area contributed by atoms with Crippen LogP contribution in [0.25, 0.3) is 0 Å². The number of fused-ring (bicyclic) bond motifs is 2. The minimum Gasteiger partial charge on any atom is -0.489 e. The second-order valence-electron chi connectivity index (χ2n) is 10.5. The fourth-order valence-corrected chi connectivity index (χ4v) is 5.64. The summed E-state index contributed by atoms with van der Waals surface area (Å²) in [6.07, 6.45) is -0.113. The smallest absolute Gasteiger partial charge is 0.405 e. The Hall–Kier alpha value is -2.96. The zero-order valence-corrected chi connectivity index (χ0v) is 23.9. The van der Waals surface area contributed by atoms with Crippen LogP contribution in [0.2, 0.25) is 10.0 Å². The van der Waals surface area contributed by atoms with Crippen molar-refractivity contribution in [3.05, 3.63) is 46.1 Å². The second-order valence-corrected chi connectivity index (χ2v) is 11.3. The molecule has 3 atom stereocenters. The van der Waals surface area contributed by atoms with E-state index in [0.717, 1.165) is 12.8 Å². The van der Waals surface area contributed by atoms with Crippen LogP contribution in [-0.4, -0.2) is 71.6 Å². The molecule has 2 aromatic rings. The number of carbonyl (C=O) groups is 2. The summed E-state index contributed by atoms with van der Waals surface area (Å²) in [7, 11) is 0. The van der Waals surface area contributed by atoms with Crippen molar-refractivity contribution in [2.24, 2.45) is 0 Å². The molecule has 2 bridgehead atoms. The third kappa shape index (κ3) is 7.66. The molecule has 4 rings (SSSR count). The number of anilines is 1. The number of alkyl halides is 3. The predicted molar refractivity (Wildman–Crippen MR) is 147 cm³/mol. The number of aliphatic hydroxyl groups excluding tert-OH is 1. The van der Waals surface area contributed by atoms with Crippen LogP contribution in [0.5, 0.6) is 11.5 Å². The highest BCUT2D eigenvalue weighted by molar-refractivity contribution is 6.36. The van der Waals surface area contributed by atoms with Gasteiger partial charge in [-0.05, 0) is 57.7 Å². The van der Waals surface area contributed by atoms with E-state index in [1.54, 1.807) is 19.9 Å². The molecule has 3 N–H and O–H groups in total. The molecule has 41 heavy (non-hydrogen) atoms. The summed E-state index contributed by atoms with van der Waals surface area (Å²) in [6.45, 7) is 1.67. The molecule has 224 valence electrons. The van der Waals surface area contributed by atoms with E-state index in [0.29, 0.717) is 18.7 Å². The van der Waals surface area contributed by atoms with Crippen LogP contribution in [0, 0.1) is 0 Å². The fourth-order valence-electron chi connectivity index (χ4n) is 5.16. The van der Waals surface area contributed by atoms with E-state index in [1.165, 1.54) is 24.4 Å². The first-order chi connectivity index (χ1) is 19.3. The monoisotopic (exact) mass is 618 g/mol. The number of rotatable bonds is 10. The molecule has 9 nitrogen and oxygen atoms in total. The highest BCUT2D eigenvalue weighted by Gasteiger charge is 2.43. The molecule has 1 aromatic heterocycles. The quantitative estimate of drug-likeness (QED) is 0.359. The molecule has 0 radical (unpaired) electrons. The van der Waals surface area contributed by atoms with E-state index in [2.05, 4.69) is 15.2 Å². The van der Waals surface area contributed by atoms with Gasteiger partial charge >= 0.3 is 6.18 Å². The second kappa shape index (κ2) is 12.5. The van der Waals surface area contributed by atoms with Crippen molar-refractivity contribution >= 4 is 40.8 Å². The predicted octanol–water partition coefficient (Wildman–Crippen LogP) is 4.53. The zero-order valence-electron chi connectivity index (χ0n) is 22.4. The molecule has 14 heteroatoms. The molecule has 2 aliphatic heterocycles. The number of aliphatic hydroxyl groups is 1. The van der Waals surface area contributed by atoms with Gasteiger partial charge in [0.1, 0.15) is 30.5 Å². The van der Waals surface area contributed by atoms with Crippen molar-refractivity contribution in [3.8, 4) is 11.5 Å². The van der Waals surface area contributed by atoms with Crippen LogP contribution in [0.4, 0.5) is 19.0 Å². The van der Waals surface area contributed by atoms with Crippen molar-refractivity contribution in [1.82, 2.24) is 15.6 Å². The Morgan fingerprint density at radius 3 is 2.34 bits per heavy atom. The summed E-state index contributed by atoms with van der Waals surface area (Å²) in [4.78, 5) is 31.8. The summed E-state index contributed by atoms with van der Waals surface area (Å²) in [6, 6.07) is 6.10. The number of pyridine rings is 1. The molecular weight excluding hydrogens is 588 g/mol. The van der Waals surface area contributed by atoms with E-state index in [-0.39, 0.29) is 64.4 Å². The van der Waals surface area contributed by atoms with Crippen molar-refractivity contribution in [2.75, 3.05) is 24.7 Å². The number of aromatic nitrogens is 1. The summed E-state index contributed by atoms with van der Waals surface area (Å²) >= 11 is 12.4. The summed E-state index contributed by atoms with van der Waals surface area (Å²) in [5.74, 6) is -0.0599. The number of hydrogen-bond acceptors (Lipinski definition) is 7. The lowest BCUT2D eigenvalue weighted by molar-refractivity contribution is -0.135. The molecule has 0 aliphatic carbocycles. The number of nitrogens with one attached hydrogen (secondary N) is 2. The zero-order chi connectivity index (χ0) is 29.9. The largest absolute Gasteiger partial charge is 0.489 e. The SMILES string of the molecule is CC(C)(Oc1cc(OCCO)c(Cl)cc1Cl)C(=O)N[C@H]1C[C@H]2CC[C@@H](C1)N2c1ccc(C(=O)NCC(F)(F)F)cn1. The number of benzene rings is 1. The molecule has 2 fully saturated rings. The maximum absolute atomic E-state index is 13.3. The lowest BCUT2D eigenvalue weighted by Crippen LogP contribution is -2.55. The first-order valence-electron chi connectivity index (χ1n) is 13.1. The highest BCUT2D eigenvalue weighted by Crippen LogP contribution is 2.40. The van der Waals surface area contributed by atoms with Crippen LogP contribution in [-0.2, 0) is 4.79 Å². The number of halogens is 5. The van der Waals surface area contributed by atoms with Gasteiger partial charge in [-0.3, -0.25) is 9.59 Å². The van der Waals surface area contributed by atoms with Gasteiger partial charge in [0.2, 0.25) is 0 Å². The number of amides is 2. The normalized spacial score (nSPS) is 20.5. The number of hydrogen-bond donors (Lipinski definition) is 3. The van der Waals surface area contributed by atoms with Crippen LogP contribution < -0.4 is 25.0 Å². The summed E-state index contributed by atoms with van der Waals surface area (Å²) in [5, 5.41) is 14.4. The standard InChI is InChI=1S/C27H31Cl2F3N4O5/c1-26(2,41-22-12-21(40-8-7-37)19(28)11-20(22)29)25(39)35-16-9-17-4-5-18(10-16)36(17)23-6-3-15(13-33-23)24(38)34-14-27(30,31)32/h3,6,11-13,16-18,37H,4-5,7-10,14H2,1-2H3,(H,34,38)(H,35,39)/t16-,17+,18-. The average Bonchev–Trinajstić information content (AvgIpc) is 3.17. The lowest BCUT2D eigenvalue weighted by Gasteiger charge is -2.40. The van der Waals surface area contributed by atoms with Crippen LogP contribution >= 0.6 is 23.2 Å². The first-order valence-corrected chi connectivity index (χ1v) is 13.8. The Morgan fingerprint density at radius 1 is 1.10 bits per heavy atom. The van der Waals surface area contributed by atoms with Crippen LogP contribution in [0.15, 0.2) is 30.5 Å². The summed E-state index contributed by atoms with van der Waals surface area (Å²) in [5.41, 5.74) is -1.24.